The highest BCUT2D eigenvalue weighted by molar-refractivity contribution is 7.90. The highest BCUT2D eigenvalue weighted by atomic mass is 35.5. The molecular weight excluding hydrogens is 388 g/mol. The summed E-state index contributed by atoms with van der Waals surface area (Å²) in [7, 11) is -2.98. The van der Waals surface area contributed by atoms with Crippen molar-refractivity contribution in [3.63, 3.8) is 0 Å². The van der Waals surface area contributed by atoms with Gasteiger partial charge in [-0.15, -0.1) is 12.4 Å². The van der Waals surface area contributed by atoms with Crippen molar-refractivity contribution in [3.8, 4) is 0 Å². The molecule has 1 aliphatic heterocycles. The number of carbonyl (C=O) groups excluding carboxylic acids is 1. The van der Waals surface area contributed by atoms with Gasteiger partial charge in [0, 0.05) is 24.7 Å². The van der Waals surface area contributed by atoms with Gasteiger partial charge in [0.25, 0.3) is 5.91 Å². The maximum absolute atomic E-state index is 12.4. The van der Waals surface area contributed by atoms with Crippen LogP contribution >= 0.6 is 12.4 Å². The third kappa shape index (κ3) is 6.34. The second kappa shape index (κ2) is 9.34. The lowest BCUT2D eigenvalue weighted by molar-refractivity contribution is 0.102. The lowest BCUT2D eigenvalue weighted by atomic mass is 10.1. The molecule has 1 unspecified atom stereocenters. The normalized spacial score (nSPS) is 17.1. The molecule has 1 fully saturated rings. The number of piperidine rings is 1. The number of rotatable bonds is 6. The summed E-state index contributed by atoms with van der Waals surface area (Å²) < 4.78 is 24.3. The summed E-state index contributed by atoms with van der Waals surface area (Å²) in [5.41, 5.74) is 1.96. The van der Waals surface area contributed by atoms with Gasteiger partial charge in [0.2, 0.25) is 0 Å². The number of sulfone groups is 1. The molecule has 7 nitrogen and oxygen atoms in total. The fraction of sp³-hybridized carbons (Fsp3) is 0.444. The van der Waals surface area contributed by atoms with E-state index in [9.17, 15) is 13.2 Å². The Hall–Kier alpha value is -1.90. The van der Waals surface area contributed by atoms with Crippen LogP contribution in [0.3, 0.4) is 0 Å². The molecule has 2 N–H and O–H groups in total. The van der Waals surface area contributed by atoms with Gasteiger partial charge in [0.1, 0.15) is 9.84 Å². The summed E-state index contributed by atoms with van der Waals surface area (Å²) in [5.74, 6) is -0.136. The standard InChI is InChI=1S/C18H24N4O3S.ClH/c1-26(24,25)12-9-14-4-6-15(7-5-14)20-18(23)17-8-11-22(21-17)16-3-2-10-19-13-16;/h4-8,11,16,19H,2-3,9-10,12-13H2,1H3,(H,20,23);1H. The molecule has 1 atom stereocenters. The topological polar surface area (TPSA) is 93.1 Å². The molecule has 1 aliphatic rings. The maximum atomic E-state index is 12.4. The summed E-state index contributed by atoms with van der Waals surface area (Å²) in [6.45, 7) is 1.91. The first kappa shape index (κ1) is 21.4. The van der Waals surface area contributed by atoms with Crippen molar-refractivity contribution in [1.29, 1.82) is 0 Å². The maximum Gasteiger partial charge on any atom is 0.276 e. The lowest BCUT2D eigenvalue weighted by Crippen LogP contribution is -2.32. The van der Waals surface area contributed by atoms with E-state index in [0.29, 0.717) is 23.8 Å². The Labute approximate surface area is 165 Å². The zero-order valence-corrected chi connectivity index (χ0v) is 16.9. The second-order valence-corrected chi connectivity index (χ2v) is 8.97. The second-order valence-electron chi connectivity index (χ2n) is 6.71. The molecule has 1 saturated heterocycles. The van der Waals surface area contributed by atoms with Crippen molar-refractivity contribution in [2.45, 2.75) is 25.3 Å². The molecule has 2 heterocycles. The Balaban J connectivity index is 0.00000261. The van der Waals surface area contributed by atoms with Crippen LogP contribution in [0.15, 0.2) is 36.5 Å². The minimum atomic E-state index is -2.98. The molecule has 1 aromatic carbocycles. The van der Waals surface area contributed by atoms with Crippen LogP contribution in [0.4, 0.5) is 5.69 Å². The van der Waals surface area contributed by atoms with Gasteiger partial charge < -0.3 is 10.6 Å². The number of anilines is 1. The fourth-order valence-electron chi connectivity index (χ4n) is 2.97. The van der Waals surface area contributed by atoms with Crippen molar-refractivity contribution in [2.75, 3.05) is 30.4 Å². The van der Waals surface area contributed by atoms with Gasteiger partial charge in [-0.1, -0.05) is 12.1 Å². The first-order chi connectivity index (χ1) is 12.4. The Morgan fingerprint density at radius 3 is 2.67 bits per heavy atom. The Kier molecular flexibility index (Phi) is 7.41. The molecule has 27 heavy (non-hydrogen) atoms. The SMILES string of the molecule is CS(=O)(=O)CCc1ccc(NC(=O)c2ccn(C3CCCNC3)n2)cc1.Cl. The van der Waals surface area contributed by atoms with Crippen LogP contribution in [0.25, 0.3) is 0 Å². The van der Waals surface area contributed by atoms with Crippen molar-refractivity contribution < 1.29 is 13.2 Å². The highest BCUT2D eigenvalue weighted by Crippen LogP contribution is 2.17. The summed E-state index contributed by atoms with van der Waals surface area (Å²) in [6.07, 6.45) is 5.71. The number of halogens is 1. The van der Waals surface area contributed by atoms with Crippen LogP contribution in [-0.2, 0) is 16.3 Å². The van der Waals surface area contributed by atoms with Crippen LogP contribution in [0.2, 0.25) is 0 Å². The monoisotopic (exact) mass is 412 g/mol. The van der Waals surface area contributed by atoms with Crippen molar-refractivity contribution in [3.05, 3.63) is 47.8 Å². The summed E-state index contributed by atoms with van der Waals surface area (Å²) in [5, 5.41) is 10.6. The Bertz CT molecular complexity index is 859. The molecule has 1 amide bonds. The smallest absolute Gasteiger partial charge is 0.276 e. The van der Waals surface area contributed by atoms with E-state index in [1.165, 1.54) is 6.26 Å². The number of hydrogen-bond acceptors (Lipinski definition) is 5. The first-order valence-electron chi connectivity index (χ1n) is 8.74. The van der Waals surface area contributed by atoms with Crippen LogP contribution in [-0.4, -0.2) is 49.2 Å². The Morgan fingerprint density at radius 1 is 1.30 bits per heavy atom. The van der Waals surface area contributed by atoms with Gasteiger partial charge in [0.15, 0.2) is 5.69 Å². The number of carbonyl (C=O) groups is 1. The van der Waals surface area contributed by atoms with Crippen molar-refractivity contribution in [1.82, 2.24) is 15.1 Å². The summed E-state index contributed by atoms with van der Waals surface area (Å²) in [4.78, 5) is 12.4. The molecular formula is C18H25ClN4O3S. The first-order valence-corrected chi connectivity index (χ1v) is 10.8. The Morgan fingerprint density at radius 2 is 2.04 bits per heavy atom. The van der Waals surface area contributed by atoms with E-state index < -0.39 is 9.84 Å². The van der Waals surface area contributed by atoms with Crippen LogP contribution in [0.1, 0.15) is 34.9 Å². The lowest BCUT2D eigenvalue weighted by Gasteiger charge is -2.22. The summed E-state index contributed by atoms with van der Waals surface area (Å²) >= 11 is 0. The van der Waals surface area contributed by atoms with E-state index in [-0.39, 0.29) is 24.1 Å². The number of amides is 1. The van der Waals surface area contributed by atoms with E-state index in [4.69, 9.17) is 0 Å². The molecule has 0 bridgehead atoms. The molecule has 148 valence electrons. The fourth-order valence-corrected chi connectivity index (χ4v) is 3.58. The predicted molar refractivity (Wildman–Crippen MR) is 108 cm³/mol. The minimum absolute atomic E-state index is 0. The van der Waals surface area contributed by atoms with Gasteiger partial charge in [0.05, 0.1) is 11.8 Å². The molecule has 0 aliphatic carbocycles. The van der Waals surface area contributed by atoms with E-state index >= 15 is 0 Å². The zero-order chi connectivity index (χ0) is 18.6. The average molecular weight is 413 g/mol. The average Bonchev–Trinajstić information content (AvgIpc) is 3.11. The van der Waals surface area contributed by atoms with E-state index in [1.807, 2.05) is 23.0 Å². The zero-order valence-electron chi connectivity index (χ0n) is 15.2. The van der Waals surface area contributed by atoms with Gasteiger partial charge in [-0.3, -0.25) is 9.48 Å². The number of benzene rings is 1. The molecule has 3 rings (SSSR count). The number of nitrogens with one attached hydrogen (secondary N) is 2. The van der Waals surface area contributed by atoms with Crippen LogP contribution in [0.5, 0.6) is 0 Å². The minimum Gasteiger partial charge on any atom is -0.321 e. The van der Waals surface area contributed by atoms with Gasteiger partial charge in [-0.2, -0.15) is 5.10 Å². The van der Waals surface area contributed by atoms with Crippen molar-refractivity contribution in [2.24, 2.45) is 0 Å². The van der Waals surface area contributed by atoms with E-state index in [2.05, 4.69) is 15.7 Å². The molecule has 1 aromatic heterocycles. The van der Waals surface area contributed by atoms with E-state index in [1.54, 1.807) is 18.2 Å². The predicted octanol–water partition coefficient (Wildman–Crippen LogP) is 2.07. The molecule has 2 aromatic rings. The summed E-state index contributed by atoms with van der Waals surface area (Å²) in [6, 6.07) is 9.22. The van der Waals surface area contributed by atoms with Gasteiger partial charge in [-0.05, 0) is 49.6 Å². The third-order valence-electron chi connectivity index (χ3n) is 4.46. The molecule has 0 saturated carbocycles. The third-order valence-corrected chi connectivity index (χ3v) is 5.41. The van der Waals surface area contributed by atoms with Crippen LogP contribution < -0.4 is 10.6 Å². The van der Waals surface area contributed by atoms with E-state index in [0.717, 1.165) is 31.5 Å². The quantitative estimate of drug-likeness (QED) is 0.757. The van der Waals surface area contributed by atoms with Gasteiger partial charge >= 0.3 is 0 Å². The molecule has 0 spiro atoms. The number of aromatic nitrogens is 2. The highest BCUT2D eigenvalue weighted by Gasteiger charge is 2.17. The number of nitrogens with zero attached hydrogens (tertiary/aromatic N) is 2. The van der Waals surface area contributed by atoms with Crippen molar-refractivity contribution >= 4 is 33.8 Å². The molecule has 9 heteroatoms. The molecule has 0 radical (unpaired) electrons. The van der Waals surface area contributed by atoms with Crippen LogP contribution in [0, 0.1) is 0 Å². The number of hydrogen-bond donors (Lipinski definition) is 2. The largest absolute Gasteiger partial charge is 0.321 e. The number of aryl methyl sites for hydroxylation is 1. The van der Waals surface area contributed by atoms with Gasteiger partial charge in [-0.25, -0.2) is 8.42 Å².